The normalized spacial score (nSPS) is 12.8. The Labute approximate surface area is 149 Å². The molecule has 0 aliphatic rings. The van der Waals surface area contributed by atoms with Gasteiger partial charge in [-0.05, 0) is 31.2 Å². The number of aromatic nitrogens is 1. The van der Waals surface area contributed by atoms with E-state index in [2.05, 4.69) is 4.40 Å². The maximum atomic E-state index is 14.2. The Morgan fingerprint density at radius 1 is 1.20 bits per heavy atom. The number of ether oxygens (including phenoxy) is 1. The first-order chi connectivity index (χ1) is 11.9. The van der Waals surface area contributed by atoms with Crippen LogP contribution in [0.5, 0.6) is 0 Å². The highest BCUT2D eigenvalue weighted by atomic mass is 32.2. The molecule has 0 spiro atoms. The molecule has 0 bridgehead atoms. The molecule has 0 radical (unpaired) electrons. The van der Waals surface area contributed by atoms with Gasteiger partial charge in [-0.25, -0.2) is 4.39 Å². The van der Waals surface area contributed by atoms with E-state index in [-0.39, 0.29) is 9.70 Å². The number of hydrogen-bond acceptors (Lipinski definition) is 4. The number of rotatable bonds is 5. The van der Waals surface area contributed by atoms with Crippen molar-refractivity contribution >= 4 is 31.6 Å². The Balaban J connectivity index is 2.21. The molecule has 3 rings (SSSR count). The second kappa shape index (κ2) is 7.07. The van der Waals surface area contributed by atoms with Gasteiger partial charge in [0.15, 0.2) is 0 Å². The fraction of sp³-hybridized carbons (Fsp3) is 0.235. The van der Waals surface area contributed by atoms with Crippen LogP contribution in [0.2, 0.25) is 0 Å². The van der Waals surface area contributed by atoms with Crippen molar-refractivity contribution in [3.05, 3.63) is 58.6 Å². The molecular formula is C17H17FN2O3S2. The minimum absolute atomic E-state index is 0.106. The molecule has 0 aliphatic heterocycles. The molecular weight excluding hydrogens is 363 g/mol. The molecule has 0 saturated carbocycles. The molecule has 0 N–H and O–H groups in total. The summed E-state index contributed by atoms with van der Waals surface area (Å²) >= 11 is 1.13. The monoisotopic (exact) mass is 380 g/mol. The maximum Gasteiger partial charge on any atom is 0.285 e. The summed E-state index contributed by atoms with van der Waals surface area (Å²) in [5.74, 6) is -0.418. The number of sulfonamides is 1. The van der Waals surface area contributed by atoms with E-state index in [1.165, 1.54) is 25.3 Å². The van der Waals surface area contributed by atoms with E-state index in [0.717, 1.165) is 16.9 Å². The average molecular weight is 380 g/mol. The molecule has 132 valence electrons. The van der Waals surface area contributed by atoms with Gasteiger partial charge in [-0.3, -0.25) is 0 Å². The lowest BCUT2D eigenvalue weighted by Crippen LogP contribution is -2.20. The van der Waals surface area contributed by atoms with Crippen LogP contribution in [0.15, 0.2) is 51.8 Å². The third-order valence-electron chi connectivity index (χ3n) is 3.69. The standard InChI is InChI=1S/C17H17FN2O3S2/c1-12-6-8-13(9-7-12)25(21,22)19-17-20(10-11-23-2)16-14(18)4-3-5-15(16)24-17/h3-9H,10-11H2,1-2H3. The molecule has 0 atom stereocenters. The van der Waals surface area contributed by atoms with Crippen LogP contribution < -0.4 is 4.80 Å². The van der Waals surface area contributed by atoms with Gasteiger partial charge in [-0.1, -0.05) is 35.1 Å². The number of benzene rings is 2. The zero-order valence-electron chi connectivity index (χ0n) is 13.8. The van der Waals surface area contributed by atoms with Crippen LogP contribution in [0.4, 0.5) is 4.39 Å². The molecule has 2 aromatic carbocycles. The first-order valence-electron chi connectivity index (χ1n) is 7.57. The van der Waals surface area contributed by atoms with Gasteiger partial charge in [0.25, 0.3) is 10.0 Å². The Morgan fingerprint density at radius 2 is 1.92 bits per heavy atom. The molecule has 5 nitrogen and oxygen atoms in total. The van der Waals surface area contributed by atoms with Crippen molar-refractivity contribution in [3.8, 4) is 0 Å². The van der Waals surface area contributed by atoms with Crippen molar-refractivity contribution in [3.63, 3.8) is 0 Å². The van der Waals surface area contributed by atoms with Crippen LogP contribution in [-0.4, -0.2) is 26.7 Å². The molecule has 0 saturated heterocycles. The highest BCUT2D eigenvalue weighted by molar-refractivity contribution is 7.90. The van der Waals surface area contributed by atoms with Crippen molar-refractivity contribution in [1.29, 1.82) is 0 Å². The number of hydrogen-bond donors (Lipinski definition) is 0. The number of para-hydroxylation sites is 1. The Hall–Kier alpha value is -2.03. The van der Waals surface area contributed by atoms with Gasteiger partial charge >= 0.3 is 0 Å². The second-order valence-corrected chi connectivity index (χ2v) is 8.11. The van der Waals surface area contributed by atoms with Gasteiger partial charge in [0.05, 0.1) is 21.7 Å². The second-order valence-electron chi connectivity index (χ2n) is 5.50. The zero-order valence-corrected chi connectivity index (χ0v) is 15.4. The molecule has 0 unspecified atom stereocenters. The molecule has 0 fully saturated rings. The van der Waals surface area contributed by atoms with E-state index in [9.17, 15) is 12.8 Å². The summed E-state index contributed by atoms with van der Waals surface area (Å²) in [7, 11) is -2.35. The number of halogens is 1. The lowest BCUT2D eigenvalue weighted by atomic mass is 10.2. The molecule has 3 aromatic rings. The average Bonchev–Trinajstić information content (AvgIpc) is 2.91. The molecule has 25 heavy (non-hydrogen) atoms. The number of thiazole rings is 1. The highest BCUT2D eigenvalue weighted by Gasteiger charge is 2.16. The van der Waals surface area contributed by atoms with Gasteiger partial charge in [-0.15, -0.1) is 4.40 Å². The summed E-state index contributed by atoms with van der Waals surface area (Å²) in [6.07, 6.45) is 0. The lowest BCUT2D eigenvalue weighted by molar-refractivity contribution is 0.187. The number of methoxy groups -OCH3 is 1. The van der Waals surface area contributed by atoms with Gasteiger partial charge in [0, 0.05) is 13.7 Å². The van der Waals surface area contributed by atoms with E-state index in [4.69, 9.17) is 4.74 Å². The predicted molar refractivity (Wildman–Crippen MR) is 95.6 cm³/mol. The van der Waals surface area contributed by atoms with Crippen molar-refractivity contribution in [1.82, 2.24) is 4.57 Å². The molecule has 8 heteroatoms. The summed E-state index contributed by atoms with van der Waals surface area (Å²) in [6.45, 7) is 2.50. The summed E-state index contributed by atoms with van der Waals surface area (Å²) in [5, 5.41) is 0. The molecule has 1 aromatic heterocycles. The van der Waals surface area contributed by atoms with Crippen LogP contribution in [0.1, 0.15) is 5.56 Å². The van der Waals surface area contributed by atoms with Crippen molar-refractivity contribution in [2.45, 2.75) is 18.4 Å². The third kappa shape index (κ3) is 3.65. The number of aryl methyl sites for hydroxylation is 1. The van der Waals surface area contributed by atoms with Crippen LogP contribution >= 0.6 is 11.3 Å². The minimum Gasteiger partial charge on any atom is -0.383 e. The first kappa shape index (κ1) is 17.8. The number of fused-ring (bicyclic) bond motifs is 1. The largest absolute Gasteiger partial charge is 0.383 e. The first-order valence-corrected chi connectivity index (χ1v) is 9.82. The summed E-state index contributed by atoms with van der Waals surface area (Å²) in [4.78, 5) is 0.326. The maximum absolute atomic E-state index is 14.2. The molecule has 0 amide bonds. The van der Waals surface area contributed by atoms with Crippen LogP contribution in [-0.2, 0) is 21.3 Å². The quantitative estimate of drug-likeness (QED) is 0.683. The summed E-state index contributed by atoms with van der Waals surface area (Å²) in [5.41, 5.74) is 1.29. The highest BCUT2D eigenvalue weighted by Crippen LogP contribution is 2.21. The Bertz CT molecular complexity index is 1070. The van der Waals surface area contributed by atoms with E-state index in [0.29, 0.717) is 23.4 Å². The lowest BCUT2D eigenvalue weighted by Gasteiger charge is -2.05. The predicted octanol–water partition coefficient (Wildman–Crippen LogP) is 3.09. The Morgan fingerprint density at radius 3 is 2.60 bits per heavy atom. The van der Waals surface area contributed by atoms with E-state index in [1.807, 2.05) is 6.92 Å². The van der Waals surface area contributed by atoms with Crippen LogP contribution in [0, 0.1) is 12.7 Å². The number of nitrogens with zero attached hydrogens (tertiary/aromatic N) is 2. The zero-order chi connectivity index (χ0) is 18.0. The fourth-order valence-corrected chi connectivity index (χ4v) is 4.69. The van der Waals surface area contributed by atoms with Crippen LogP contribution in [0.25, 0.3) is 10.2 Å². The topological polar surface area (TPSA) is 60.7 Å². The van der Waals surface area contributed by atoms with E-state index < -0.39 is 15.8 Å². The molecule has 0 aliphatic carbocycles. The summed E-state index contributed by atoms with van der Waals surface area (Å²) in [6, 6.07) is 11.1. The van der Waals surface area contributed by atoms with E-state index in [1.54, 1.807) is 28.8 Å². The SMILES string of the molecule is COCCn1c(=NS(=O)(=O)c2ccc(C)cc2)sc2cccc(F)c21. The Kier molecular flexibility index (Phi) is 5.03. The smallest absolute Gasteiger partial charge is 0.285 e. The van der Waals surface area contributed by atoms with Gasteiger partial charge in [0.2, 0.25) is 4.80 Å². The van der Waals surface area contributed by atoms with Gasteiger partial charge in [-0.2, -0.15) is 8.42 Å². The van der Waals surface area contributed by atoms with Crippen molar-refractivity contribution < 1.29 is 17.5 Å². The van der Waals surface area contributed by atoms with Crippen LogP contribution in [0.3, 0.4) is 0 Å². The van der Waals surface area contributed by atoms with Gasteiger partial charge in [0.1, 0.15) is 5.82 Å². The fourth-order valence-electron chi connectivity index (χ4n) is 2.41. The minimum atomic E-state index is -3.89. The van der Waals surface area contributed by atoms with Crippen molar-refractivity contribution in [2.24, 2.45) is 4.40 Å². The summed E-state index contributed by atoms with van der Waals surface area (Å²) < 4.78 is 50.6. The van der Waals surface area contributed by atoms with Gasteiger partial charge < -0.3 is 9.30 Å². The van der Waals surface area contributed by atoms with E-state index >= 15 is 0 Å². The third-order valence-corrected chi connectivity index (χ3v) is 6.13. The molecule has 1 heterocycles. The van der Waals surface area contributed by atoms with Crippen molar-refractivity contribution in [2.75, 3.05) is 13.7 Å².